The minimum atomic E-state index is 0.672. The number of ether oxygens (including phenoxy) is 1. The zero-order valence-electron chi connectivity index (χ0n) is 11.2. The van der Waals surface area contributed by atoms with Gasteiger partial charge < -0.3 is 10.1 Å². The van der Waals surface area contributed by atoms with Crippen LogP contribution in [0.15, 0.2) is 24.5 Å². The number of rotatable bonds is 2. The monoisotopic (exact) mass is 255 g/mol. The summed E-state index contributed by atoms with van der Waals surface area (Å²) in [6, 6.07) is 6.07. The SMILES string of the molecule is Cc1cccc(Oc2ncnc3c2CNCC3)c1C. The lowest BCUT2D eigenvalue weighted by Gasteiger charge is -2.19. The van der Waals surface area contributed by atoms with Crippen LogP contribution in [0.2, 0.25) is 0 Å². The highest BCUT2D eigenvalue weighted by Crippen LogP contribution is 2.29. The van der Waals surface area contributed by atoms with Crippen molar-refractivity contribution in [3.05, 3.63) is 46.9 Å². The number of hydrogen-bond donors (Lipinski definition) is 1. The van der Waals surface area contributed by atoms with Gasteiger partial charge in [-0.3, -0.25) is 0 Å². The molecule has 0 aliphatic carbocycles. The van der Waals surface area contributed by atoms with E-state index < -0.39 is 0 Å². The van der Waals surface area contributed by atoms with Gasteiger partial charge in [0.15, 0.2) is 0 Å². The number of fused-ring (bicyclic) bond motifs is 1. The Balaban J connectivity index is 1.97. The molecule has 0 amide bonds. The number of aromatic nitrogens is 2. The Hall–Kier alpha value is -1.94. The van der Waals surface area contributed by atoms with E-state index in [1.54, 1.807) is 6.33 Å². The number of hydrogen-bond acceptors (Lipinski definition) is 4. The summed E-state index contributed by atoms with van der Waals surface area (Å²) in [4.78, 5) is 8.62. The number of nitrogens with one attached hydrogen (secondary N) is 1. The molecule has 0 saturated heterocycles. The number of aryl methyl sites for hydroxylation is 1. The molecule has 0 radical (unpaired) electrons. The van der Waals surface area contributed by atoms with Crippen LogP contribution in [0, 0.1) is 13.8 Å². The molecule has 1 N–H and O–H groups in total. The smallest absolute Gasteiger partial charge is 0.227 e. The molecule has 0 atom stereocenters. The summed E-state index contributed by atoms with van der Waals surface area (Å²) in [5.41, 5.74) is 4.54. The highest BCUT2D eigenvalue weighted by molar-refractivity contribution is 5.42. The van der Waals surface area contributed by atoms with E-state index in [9.17, 15) is 0 Å². The van der Waals surface area contributed by atoms with E-state index in [2.05, 4.69) is 35.2 Å². The van der Waals surface area contributed by atoms with E-state index in [1.165, 1.54) is 5.56 Å². The topological polar surface area (TPSA) is 47.0 Å². The lowest BCUT2D eigenvalue weighted by Crippen LogP contribution is -2.25. The third kappa shape index (κ3) is 2.31. The minimum Gasteiger partial charge on any atom is -0.438 e. The van der Waals surface area contributed by atoms with Gasteiger partial charge in [0.1, 0.15) is 12.1 Å². The van der Waals surface area contributed by atoms with Gasteiger partial charge in [0, 0.05) is 19.5 Å². The third-order valence-corrected chi connectivity index (χ3v) is 3.60. The van der Waals surface area contributed by atoms with Gasteiger partial charge in [-0.2, -0.15) is 0 Å². The quantitative estimate of drug-likeness (QED) is 0.895. The van der Waals surface area contributed by atoms with Gasteiger partial charge >= 0.3 is 0 Å². The molecule has 1 aromatic heterocycles. The third-order valence-electron chi connectivity index (χ3n) is 3.60. The fourth-order valence-electron chi connectivity index (χ4n) is 2.27. The van der Waals surface area contributed by atoms with Crippen molar-refractivity contribution in [1.82, 2.24) is 15.3 Å². The van der Waals surface area contributed by atoms with Crippen molar-refractivity contribution in [3.8, 4) is 11.6 Å². The Bertz CT molecular complexity index is 610. The van der Waals surface area contributed by atoms with Crippen molar-refractivity contribution < 1.29 is 4.74 Å². The van der Waals surface area contributed by atoms with Gasteiger partial charge in [-0.25, -0.2) is 9.97 Å². The molecule has 0 saturated carbocycles. The average molecular weight is 255 g/mol. The van der Waals surface area contributed by atoms with Gasteiger partial charge in [-0.05, 0) is 31.0 Å². The summed E-state index contributed by atoms with van der Waals surface area (Å²) >= 11 is 0. The standard InChI is InChI=1S/C15H17N3O/c1-10-4-3-5-14(11(10)2)19-15-12-8-16-7-6-13(12)17-9-18-15/h3-5,9,16H,6-8H2,1-2H3. The molecule has 0 unspecified atom stereocenters. The van der Waals surface area contributed by atoms with Gasteiger partial charge in [-0.15, -0.1) is 0 Å². The van der Waals surface area contributed by atoms with Crippen LogP contribution in [-0.2, 0) is 13.0 Å². The first-order valence-electron chi connectivity index (χ1n) is 6.53. The predicted octanol–water partition coefficient (Wildman–Crippen LogP) is 2.53. The molecular formula is C15H17N3O. The lowest BCUT2D eigenvalue weighted by atomic mass is 10.1. The molecule has 4 nitrogen and oxygen atoms in total. The Labute approximate surface area is 112 Å². The van der Waals surface area contributed by atoms with Crippen LogP contribution in [0.3, 0.4) is 0 Å². The molecule has 0 spiro atoms. The summed E-state index contributed by atoms with van der Waals surface area (Å²) in [7, 11) is 0. The molecule has 2 aromatic rings. The second-order valence-corrected chi connectivity index (χ2v) is 4.83. The van der Waals surface area contributed by atoms with Crippen molar-refractivity contribution in [1.29, 1.82) is 0 Å². The summed E-state index contributed by atoms with van der Waals surface area (Å²) in [5, 5.41) is 3.33. The molecule has 4 heteroatoms. The van der Waals surface area contributed by atoms with Crippen LogP contribution in [-0.4, -0.2) is 16.5 Å². The summed E-state index contributed by atoms with van der Waals surface area (Å²) in [6.07, 6.45) is 2.52. The maximum Gasteiger partial charge on any atom is 0.227 e. The highest BCUT2D eigenvalue weighted by Gasteiger charge is 2.17. The van der Waals surface area contributed by atoms with Crippen molar-refractivity contribution in [2.75, 3.05) is 6.54 Å². The molecule has 0 bridgehead atoms. The summed E-state index contributed by atoms with van der Waals surface area (Å²) in [6.45, 7) is 5.89. The maximum atomic E-state index is 6.00. The molecule has 19 heavy (non-hydrogen) atoms. The fourth-order valence-corrected chi connectivity index (χ4v) is 2.27. The zero-order chi connectivity index (χ0) is 13.2. The molecule has 98 valence electrons. The van der Waals surface area contributed by atoms with Gasteiger partial charge in [0.05, 0.1) is 11.3 Å². The molecule has 0 fully saturated rings. The average Bonchev–Trinajstić information content (AvgIpc) is 2.44. The van der Waals surface area contributed by atoms with Crippen molar-refractivity contribution in [2.45, 2.75) is 26.8 Å². The Morgan fingerprint density at radius 3 is 3.00 bits per heavy atom. The van der Waals surface area contributed by atoms with Crippen LogP contribution >= 0.6 is 0 Å². The van der Waals surface area contributed by atoms with Crippen molar-refractivity contribution in [3.63, 3.8) is 0 Å². The first-order chi connectivity index (χ1) is 9.25. The number of benzene rings is 1. The van der Waals surface area contributed by atoms with E-state index in [0.717, 1.165) is 42.1 Å². The van der Waals surface area contributed by atoms with Gasteiger partial charge in [-0.1, -0.05) is 12.1 Å². The molecule has 1 aliphatic heterocycles. The largest absolute Gasteiger partial charge is 0.438 e. The first-order valence-corrected chi connectivity index (χ1v) is 6.53. The highest BCUT2D eigenvalue weighted by atomic mass is 16.5. The van der Waals surface area contributed by atoms with Crippen LogP contribution in [0.25, 0.3) is 0 Å². The molecule has 3 rings (SSSR count). The Morgan fingerprint density at radius 2 is 2.11 bits per heavy atom. The summed E-state index contributed by atoms with van der Waals surface area (Å²) < 4.78 is 6.00. The van der Waals surface area contributed by atoms with E-state index in [1.807, 2.05) is 12.1 Å². The first kappa shape index (κ1) is 12.1. The van der Waals surface area contributed by atoms with Crippen molar-refractivity contribution in [2.24, 2.45) is 0 Å². The van der Waals surface area contributed by atoms with Crippen LogP contribution < -0.4 is 10.1 Å². The van der Waals surface area contributed by atoms with E-state index in [-0.39, 0.29) is 0 Å². The number of nitrogens with zero attached hydrogens (tertiary/aromatic N) is 2. The fraction of sp³-hybridized carbons (Fsp3) is 0.333. The van der Waals surface area contributed by atoms with Crippen LogP contribution in [0.1, 0.15) is 22.4 Å². The molecular weight excluding hydrogens is 238 g/mol. The second-order valence-electron chi connectivity index (χ2n) is 4.83. The van der Waals surface area contributed by atoms with Gasteiger partial charge in [0.25, 0.3) is 0 Å². The molecule has 1 aromatic carbocycles. The normalized spacial score (nSPS) is 14.0. The second kappa shape index (κ2) is 4.97. The molecule has 1 aliphatic rings. The van der Waals surface area contributed by atoms with Crippen LogP contribution in [0.5, 0.6) is 11.6 Å². The Morgan fingerprint density at radius 1 is 1.21 bits per heavy atom. The zero-order valence-corrected chi connectivity index (χ0v) is 11.2. The maximum absolute atomic E-state index is 6.00. The van der Waals surface area contributed by atoms with Crippen molar-refractivity contribution >= 4 is 0 Å². The van der Waals surface area contributed by atoms with Gasteiger partial charge in [0.2, 0.25) is 5.88 Å². The van der Waals surface area contributed by atoms with E-state index in [0.29, 0.717) is 5.88 Å². The van der Waals surface area contributed by atoms with E-state index in [4.69, 9.17) is 4.74 Å². The lowest BCUT2D eigenvalue weighted by molar-refractivity contribution is 0.441. The van der Waals surface area contributed by atoms with Crippen LogP contribution in [0.4, 0.5) is 0 Å². The Kier molecular flexibility index (Phi) is 3.17. The predicted molar refractivity (Wildman–Crippen MR) is 73.4 cm³/mol. The summed E-state index contributed by atoms with van der Waals surface area (Å²) in [5.74, 6) is 1.54. The minimum absolute atomic E-state index is 0.672. The molecule has 2 heterocycles. The van der Waals surface area contributed by atoms with E-state index >= 15 is 0 Å².